The van der Waals surface area contributed by atoms with Crippen molar-refractivity contribution in [1.82, 2.24) is 0 Å². The van der Waals surface area contributed by atoms with Gasteiger partial charge in [0.25, 0.3) is 0 Å². The number of ether oxygens (including phenoxy) is 1. The number of hydrogen-bond donors (Lipinski definition) is 0. The van der Waals surface area contributed by atoms with Gasteiger partial charge in [-0.05, 0) is 6.92 Å². The summed E-state index contributed by atoms with van der Waals surface area (Å²) >= 11 is 3.03. The lowest BCUT2D eigenvalue weighted by molar-refractivity contribution is -0.598. The van der Waals surface area contributed by atoms with Crippen molar-refractivity contribution >= 4 is 34.9 Å². The molecule has 0 N–H and O–H groups in total. The molecule has 0 amide bonds. The lowest BCUT2D eigenvalue weighted by Gasteiger charge is -2.05. The molecule has 0 atom stereocenters. The van der Waals surface area contributed by atoms with Crippen LogP contribution in [0.4, 0.5) is 0 Å². The zero-order chi connectivity index (χ0) is 20.6. The number of ketones is 1. The lowest BCUT2D eigenvalue weighted by Crippen LogP contribution is -3.00. The van der Waals surface area contributed by atoms with Crippen LogP contribution in [0.5, 0.6) is 0 Å². The average Bonchev–Trinajstić information content (AvgIpc) is 3.11. The molecule has 0 aliphatic rings. The van der Waals surface area contributed by atoms with Crippen molar-refractivity contribution in [3.63, 3.8) is 0 Å². The van der Waals surface area contributed by atoms with E-state index in [0.717, 1.165) is 9.90 Å². The lowest BCUT2D eigenvalue weighted by atomic mass is 10.0. The fourth-order valence-electron chi connectivity index (χ4n) is 2.90. The number of halogens is 1. The molecule has 3 rings (SSSR count). The van der Waals surface area contributed by atoms with Gasteiger partial charge in [-0.1, -0.05) is 42.5 Å². The van der Waals surface area contributed by atoms with Gasteiger partial charge in [-0.2, -0.15) is 4.57 Å². The summed E-state index contributed by atoms with van der Waals surface area (Å²) in [6, 6.07) is 14.9. The number of rotatable bonds is 9. The SMILES string of the molecule is C=CCSc1sc(C(=O)c2ccccc2)c(CC(=O)OCC)c1-[n+]1ccccc1.[I-]. The van der Waals surface area contributed by atoms with Gasteiger partial charge in [0.05, 0.1) is 23.5 Å². The predicted octanol–water partition coefficient (Wildman–Crippen LogP) is 1.64. The highest BCUT2D eigenvalue weighted by molar-refractivity contribution is 8.01. The number of carbonyl (C=O) groups is 2. The van der Waals surface area contributed by atoms with Crippen molar-refractivity contribution in [1.29, 1.82) is 0 Å². The highest BCUT2D eigenvalue weighted by Gasteiger charge is 2.31. The molecule has 3 aromatic rings. The molecule has 1 aromatic carbocycles. The van der Waals surface area contributed by atoms with Crippen LogP contribution in [0.25, 0.3) is 5.69 Å². The number of thiophene rings is 1. The third kappa shape index (κ3) is 5.80. The van der Waals surface area contributed by atoms with Crippen LogP contribution >= 0.6 is 23.1 Å². The summed E-state index contributed by atoms with van der Waals surface area (Å²) in [7, 11) is 0. The molecule has 0 spiro atoms. The van der Waals surface area contributed by atoms with Crippen molar-refractivity contribution in [3.8, 4) is 5.69 Å². The van der Waals surface area contributed by atoms with Crippen LogP contribution in [-0.2, 0) is 16.0 Å². The quantitative estimate of drug-likeness (QED) is 0.101. The second kappa shape index (κ2) is 12.0. The van der Waals surface area contributed by atoms with Crippen LogP contribution in [-0.4, -0.2) is 24.1 Å². The number of thioether (sulfide) groups is 1. The number of nitrogens with zero attached hydrogens (tertiary/aromatic N) is 1. The van der Waals surface area contributed by atoms with Crippen molar-refractivity contribution in [3.05, 3.63) is 89.6 Å². The summed E-state index contributed by atoms with van der Waals surface area (Å²) < 4.78 is 8.12. The van der Waals surface area contributed by atoms with Crippen molar-refractivity contribution in [2.24, 2.45) is 0 Å². The molecule has 156 valence electrons. The van der Waals surface area contributed by atoms with Crippen molar-refractivity contribution in [2.45, 2.75) is 17.6 Å². The van der Waals surface area contributed by atoms with E-state index in [4.69, 9.17) is 4.74 Å². The molecule has 30 heavy (non-hydrogen) atoms. The molecule has 0 unspecified atom stereocenters. The zero-order valence-electron chi connectivity index (χ0n) is 16.5. The van der Waals surface area contributed by atoms with E-state index in [1.165, 1.54) is 11.3 Å². The minimum Gasteiger partial charge on any atom is -1.00 e. The van der Waals surface area contributed by atoms with Crippen molar-refractivity contribution < 1.29 is 42.9 Å². The molecule has 0 bridgehead atoms. The summed E-state index contributed by atoms with van der Waals surface area (Å²) in [4.78, 5) is 26.2. The van der Waals surface area contributed by atoms with Crippen LogP contribution in [0.3, 0.4) is 0 Å². The highest BCUT2D eigenvalue weighted by atomic mass is 127. The van der Waals surface area contributed by atoms with Gasteiger partial charge in [0.2, 0.25) is 11.5 Å². The monoisotopic (exact) mass is 551 g/mol. The van der Waals surface area contributed by atoms with E-state index >= 15 is 0 Å². The Kier molecular flexibility index (Phi) is 9.74. The van der Waals surface area contributed by atoms with Crippen LogP contribution < -0.4 is 28.5 Å². The largest absolute Gasteiger partial charge is 1.00 e. The Labute approximate surface area is 202 Å². The number of aromatic nitrogens is 1. The third-order valence-electron chi connectivity index (χ3n) is 4.12. The smallest absolute Gasteiger partial charge is 0.310 e. The second-order valence-corrected chi connectivity index (χ2v) is 8.41. The van der Waals surface area contributed by atoms with Gasteiger partial charge in [-0.25, -0.2) is 0 Å². The Morgan fingerprint density at radius 2 is 1.80 bits per heavy atom. The Hall–Kier alpha value is -1.97. The number of carbonyl (C=O) groups excluding carboxylic acids is 2. The molecule has 2 aromatic heterocycles. The van der Waals surface area contributed by atoms with Gasteiger partial charge in [0.15, 0.2) is 12.4 Å². The second-order valence-electron chi connectivity index (χ2n) is 6.11. The van der Waals surface area contributed by atoms with Gasteiger partial charge in [0.1, 0.15) is 4.21 Å². The number of pyridine rings is 1. The Balaban J connectivity index is 0.00000320. The fraction of sp³-hybridized carbons (Fsp3) is 0.174. The first-order valence-electron chi connectivity index (χ1n) is 9.27. The van der Waals surface area contributed by atoms with Gasteiger partial charge >= 0.3 is 5.97 Å². The maximum atomic E-state index is 13.3. The summed E-state index contributed by atoms with van der Waals surface area (Å²) in [6.07, 6.45) is 5.72. The molecule has 7 heteroatoms. The van der Waals surface area contributed by atoms with Gasteiger partial charge in [-0.15, -0.1) is 29.7 Å². The predicted molar refractivity (Wildman–Crippen MR) is 117 cm³/mol. The molecular weight excluding hydrogens is 529 g/mol. The first-order valence-corrected chi connectivity index (χ1v) is 11.1. The van der Waals surface area contributed by atoms with Gasteiger partial charge in [0, 0.05) is 23.4 Å². The van der Waals surface area contributed by atoms with E-state index in [1.54, 1.807) is 30.8 Å². The molecular formula is C23H22INO3S2. The third-order valence-corrected chi connectivity index (χ3v) is 6.60. The molecule has 4 nitrogen and oxygen atoms in total. The standard InChI is InChI=1S/C23H22NO3S2.HI/c1-3-15-28-23-20(24-13-9-6-10-14-24)18(16-19(25)27-4-2)22(29-23)21(26)17-11-7-5-8-12-17;/h3,5-14H,1,4,15-16H2,2H3;1H/q+1;/p-1. The van der Waals surface area contributed by atoms with E-state index in [2.05, 4.69) is 6.58 Å². The maximum Gasteiger partial charge on any atom is 0.310 e. The fourth-order valence-corrected chi connectivity index (χ4v) is 5.24. The van der Waals surface area contributed by atoms with Crippen LogP contribution in [0.15, 0.2) is 77.8 Å². The summed E-state index contributed by atoms with van der Waals surface area (Å²) in [5.74, 6) is 0.280. The average molecular weight is 551 g/mol. The minimum absolute atomic E-state index is 0. The highest BCUT2D eigenvalue weighted by Crippen LogP contribution is 2.38. The van der Waals surface area contributed by atoms with Gasteiger partial charge in [-0.3, -0.25) is 9.59 Å². The summed E-state index contributed by atoms with van der Waals surface area (Å²) in [5, 5.41) is 0. The van der Waals surface area contributed by atoms with Crippen LogP contribution in [0.1, 0.15) is 27.7 Å². The molecule has 0 fully saturated rings. The first-order chi connectivity index (χ1) is 14.2. The number of esters is 1. The van der Waals surface area contributed by atoms with E-state index in [1.807, 2.05) is 59.4 Å². The van der Waals surface area contributed by atoms with E-state index in [9.17, 15) is 9.59 Å². The topological polar surface area (TPSA) is 47.3 Å². The minimum atomic E-state index is -0.342. The van der Waals surface area contributed by atoms with Gasteiger partial charge < -0.3 is 28.7 Å². The summed E-state index contributed by atoms with van der Waals surface area (Å²) in [5.41, 5.74) is 2.16. The Morgan fingerprint density at radius 3 is 2.43 bits per heavy atom. The maximum absolute atomic E-state index is 13.3. The summed E-state index contributed by atoms with van der Waals surface area (Å²) in [6.45, 7) is 5.88. The number of benzene rings is 1. The molecule has 0 radical (unpaired) electrons. The van der Waals surface area contributed by atoms with Crippen molar-refractivity contribution in [2.75, 3.05) is 12.4 Å². The Bertz CT molecular complexity index is 1000. The molecule has 0 aliphatic heterocycles. The van der Waals surface area contributed by atoms with Crippen LogP contribution in [0, 0.1) is 0 Å². The van der Waals surface area contributed by atoms with E-state index in [0.29, 0.717) is 28.4 Å². The molecule has 0 saturated heterocycles. The first kappa shape index (κ1) is 24.3. The molecule has 0 aliphatic carbocycles. The molecule has 0 saturated carbocycles. The number of hydrogen-bond acceptors (Lipinski definition) is 5. The van der Waals surface area contributed by atoms with E-state index < -0.39 is 0 Å². The Morgan fingerprint density at radius 1 is 1.13 bits per heavy atom. The zero-order valence-corrected chi connectivity index (χ0v) is 20.3. The molecule has 2 heterocycles. The van der Waals surface area contributed by atoms with E-state index in [-0.39, 0.29) is 42.2 Å². The van der Waals surface area contributed by atoms with Crippen LogP contribution in [0.2, 0.25) is 0 Å². The normalized spacial score (nSPS) is 10.2.